The van der Waals surface area contributed by atoms with Gasteiger partial charge in [-0.2, -0.15) is 4.31 Å². The minimum atomic E-state index is -3.49. The molecule has 2 aromatic rings. The van der Waals surface area contributed by atoms with E-state index in [4.69, 9.17) is 23.2 Å². The van der Waals surface area contributed by atoms with Gasteiger partial charge in [-0.05, 0) is 29.8 Å². The summed E-state index contributed by atoms with van der Waals surface area (Å²) in [6.07, 6.45) is 0. The minimum Gasteiger partial charge on any atom is -0.336 e. The lowest BCUT2D eigenvalue weighted by Crippen LogP contribution is -2.50. The van der Waals surface area contributed by atoms with Crippen LogP contribution in [0, 0.1) is 0 Å². The van der Waals surface area contributed by atoms with Crippen molar-refractivity contribution in [1.82, 2.24) is 9.21 Å². The van der Waals surface area contributed by atoms with Crippen molar-refractivity contribution in [3.8, 4) is 0 Å². The summed E-state index contributed by atoms with van der Waals surface area (Å²) in [4.78, 5) is 14.1. The average molecular weight is 413 g/mol. The van der Waals surface area contributed by atoms with Gasteiger partial charge >= 0.3 is 0 Å². The van der Waals surface area contributed by atoms with Gasteiger partial charge in [-0.15, -0.1) is 0 Å². The van der Waals surface area contributed by atoms with Gasteiger partial charge in [0.25, 0.3) is 5.91 Å². The lowest BCUT2D eigenvalue weighted by Gasteiger charge is -2.34. The first-order valence-electron chi connectivity index (χ1n) is 8.13. The first-order chi connectivity index (χ1) is 12.4. The highest BCUT2D eigenvalue weighted by molar-refractivity contribution is 7.88. The third-order valence-electron chi connectivity index (χ3n) is 4.27. The topological polar surface area (TPSA) is 57.7 Å². The average Bonchev–Trinajstić information content (AvgIpc) is 2.65. The second-order valence-corrected chi connectivity index (χ2v) is 8.85. The number of rotatable bonds is 4. The van der Waals surface area contributed by atoms with Gasteiger partial charge in [0, 0.05) is 31.7 Å². The molecule has 0 spiro atoms. The van der Waals surface area contributed by atoms with Crippen LogP contribution < -0.4 is 0 Å². The van der Waals surface area contributed by atoms with E-state index in [-0.39, 0.29) is 24.7 Å². The second-order valence-electron chi connectivity index (χ2n) is 6.06. The van der Waals surface area contributed by atoms with E-state index in [0.717, 1.165) is 0 Å². The molecule has 0 aliphatic carbocycles. The summed E-state index contributed by atoms with van der Waals surface area (Å²) in [6, 6.07) is 13.8. The molecular weight excluding hydrogens is 395 g/mol. The number of amides is 1. The number of hydrogen-bond donors (Lipinski definition) is 0. The maximum absolute atomic E-state index is 12.6. The fourth-order valence-electron chi connectivity index (χ4n) is 2.86. The minimum absolute atomic E-state index is 0.0767. The Bertz CT molecular complexity index is 896. The predicted octanol–water partition coefficient (Wildman–Crippen LogP) is 3.28. The molecule has 0 atom stereocenters. The standard InChI is InChI=1S/C18H18Cl2N2O3S/c19-16-7-6-14(12-17(16)20)13-26(24,25)22-10-8-21(9-11-22)18(23)15-4-2-1-3-5-15/h1-7,12H,8-11,13H2. The maximum Gasteiger partial charge on any atom is 0.253 e. The number of carbonyl (C=O) groups is 1. The van der Waals surface area contributed by atoms with Crippen LogP contribution in [-0.4, -0.2) is 49.7 Å². The van der Waals surface area contributed by atoms with E-state index >= 15 is 0 Å². The Labute approximate surface area is 163 Å². The largest absolute Gasteiger partial charge is 0.336 e. The molecule has 0 bridgehead atoms. The summed E-state index contributed by atoms with van der Waals surface area (Å²) in [5.74, 6) is -0.219. The molecule has 0 aromatic heterocycles. The SMILES string of the molecule is O=C(c1ccccc1)N1CCN(S(=O)(=O)Cc2ccc(Cl)c(Cl)c2)CC1. The molecule has 138 valence electrons. The highest BCUT2D eigenvalue weighted by atomic mass is 35.5. The van der Waals surface area contributed by atoms with E-state index in [1.165, 1.54) is 4.31 Å². The smallest absolute Gasteiger partial charge is 0.253 e. The molecule has 0 N–H and O–H groups in total. The molecule has 1 heterocycles. The Kier molecular flexibility index (Phi) is 5.87. The monoisotopic (exact) mass is 412 g/mol. The van der Waals surface area contributed by atoms with Gasteiger partial charge in [0.2, 0.25) is 10.0 Å². The number of sulfonamides is 1. The second kappa shape index (κ2) is 7.96. The van der Waals surface area contributed by atoms with E-state index in [1.807, 2.05) is 18.2 Å². The van der Waals surface area contributed by atoms with Crippen LogP contribution in [0.5, 0.6) is 0 Å². The fourth-order valence-corrected chi connectivity index (χ4v) is 4.69. The molecule has 0 saturated carbocycles. The molecule has 1 aliphatic heterocycles. The molecule has 1 aliphatic rings. The Hall–Kier alpha value is -1.60. The van der Waals surface area contributed by atoms with Crippen LogP contribution in [0.2, 0.25) is 10.0 Å². The van der Waals surface area contributed by atoms with Crippen LogP contribution in [0.15, 0.2) is 48.5 Å². The summed E-state index contributed by atoms with van der Waals surface area (Å²) >= 11 is 11.8. The van der Waals surface area contributed by atoms with Crippen LogP contribution in [0.25, 0.3) is 0 Å². The number of piperazine rings is 1. The third-order valence-corrected chi connectivity index (χ3v) is 6.86. The number of carbonyl (C=O) groups excluding carboxylic acids is 1. The zero-order chi connectivity index (χ0) is 18.7. The maximum atomic E-state index is 12.6. The van der Waals surface area contributed by atoms with Gasteiger partial charge in [0.15, 0.2) is 0 Å². The Morgan fingerprint density at radius 2 is 1.58 bits per heavy atom. The van der Waals surface area contributed by atoms with E-state index in [2.05, 4.69) is 0 Å². The summed E-state index contributed by atoms with van der Waals surface area (Å²) < 4.78 is 26.7. The Morgan fingerprint density at radius 1 is 0.923 bits per heavy atom. The number of hydrogen-bond acceptors (Lipinski definition) is 3. The number of benzene rings is 2. The quantitative estimate of drug-likeness (QED) is 0.773. The number of nitrogens with zero attached hydrogens (tertiary/aromatic N) is 2. The van der Waals surface area contributed by atoms with Crippen molar-refractivity contribution in [2.24, 2.45) is 0 Å². The van der Waals surface area contributed by atoms with E-state index in [9.17, 15) is 13.2 Å². The van der Waals surface area contributed by atoms with Crippen molar-refractivity contribution in [3.05, 3.63) is 69.7 Å². The van der Waals surface area contributed by atoms with E-state index < -0.39 is 10.0 Å². The van der Waals surface area contributed by atoms with Crippen molar-refractivity contribution < 1.29 is 13.2 Å². The Balaban J connectivity index is 1.63. The fraction of sp³-hybridized carbons (Fsp3) is 0.278. The first-order valence-corrected chi connectivity index (χ1v) is 10.5. The third kappa shape index (κ3) is 4.38. The highest BCUT2D eigenvalue weighted by Gasteiger charge is 2.29. The van der Waals surface area contributed by atoms with Gasteiger partial charge in [0.1, 0.15) is 0 Å². The molecule has 3 rings (SSSR count). The van der Waals surface area contributed by atoms with Crippen LogP contribution in [0.4, 0.5) is 0 Å². The van der Waals surface area contributed by atoms with Crippen LogP contribution in [-0.2, 0) is 15.8 Å². The van der Waals surface area contributed by atoms with Gasteiger partial charge in [-0.1, -0.05) is 47.5 Å². The van der Waals surface area contributed by atoms with Crippen molar-refractivity contribution in [1.29, 1.82) is 0 Å². The van der Waals surface area contributed by atoms with Crippen LogP contribution in [0.3, 0.4) is 0 Å². The normalized spacial score (nSPS) is 15.8. The van der Waals surface area contributed by atoms with Crippen LogP contribution >= 0.6 is 23.2 Å². The molecule has 1 amide bonds. The van der Waals surface area contributed by atoms with Gasteiger partial charge < -0.3 is 4.90 Å². The lowest BCUT2D eigenvalue weighted by molar-refractivity contribution is 0.0698. The van der Waals surface area contributed by atoms with Crippen molar-refractivity contribution in [2.45, 2.75) is 5.75 Å². The molecule has 1 saturated heterocycles. The predicted molar refractivity (Wildman–Crippen MR) is 103 cm³/mol. The van der Waals surface area contributed by atoms with Crippen molar-refractivity contribution >= 4 is 39.1 Å². The molecule has 1 fully saturated rings. The molecular formula is C18H18Cl2N2O3S. The summed E-state index contributed by atoms with van der Waals surface area (Å²) in [7, 11) is -3.49. The summed E-state index contributed by atoms with van der Waals surface area (Å²) in [5, 5.41) is 0.721. The van der Waals surface area contributed by atoms with Crippen molar-refractivity contribution in [3.63, 3.8) is 0 Å². The summed E-state index contributed by atoms with van der Waals surface area (Å²) in [5.41, 5.74) is 1.20. The van der Waals surface area contributed by atoms with Gasteiger partial charge in [-0.25, -0.2) is 8.42 Å². The van der Waals surface area contributed by atoms with Crippen molar-refractivity contribution in [2.75, 3.05) is 26.2 Å². The zero-order valence-electron chi connectivity index (χ0n) is 13.9. The van der Waals surface area contributed by atoms with E-state index in [0.29, 0.717) is 34.3 Å². The van der Waals surface area contributed by atoms with Gasteiger partial charge in [0.05, 0.1) is 15.8 Å². The molecule has 0 unspecified atom stereocenters. The molecule has 2 aromatic carbocycles. The first kappa shape index (κ1) is 19.2. The summed E-state index contributed by atoms with van der Waals surface area (Å²) in [6.45, 7) is 1.30. The molecule has 0 radical (unpaired) electrons. The van der Waals surface area contributed by atoms with Crippen LogP contribution in [0.1, 0.15) is 15.9 Å². The Morgan fingerprint density at radius 3 is 2.19 bits per heavy atom. The van der Waals surface area contributed by atoms with E-state index in [1.54, 1.807) is 35.2 Å². The molecule has 8 heteroatoms. The number of halogens is 2. The van der Waals surface area contributed by atoms with Gasteiger partial charge in [-0.3, -0.25) is 4.79 Å². The molecule has 26 heavy (non-hydrogen) atoms. The molecule has 5 nitrogen and oxygen atoms in total. The lowest BCUT2D eigenvalue weighted by atomic mass is 10.2. The zero-order valence-corrected chi connectivity index (χ0v) is 16.3. The highest BCUT2D eigenvalue weighted by Crippen LogP contribution is 2.24.